The molecule has 14 heavy (non-hydrogen) atoms. The summed E-state index contributed by atoms with van der Waals surface area (Å²) < 4.78 is 12.0. The Bertz CT molecular complexity index is 280. The zero-order valence-corrected chi connectivity index (χ0v) is 8.86. The first-order valence-electron chi connectivity index (χ1n) is 4.48. The fourth-order valence-electron chi connectivity index (χ4n) is 1.46. The molecule has 1 heterocycles. The second-order valence-electron chi connectivity index (χ2n) is 3.22. The summed E-state index contributed by atoms with van der Waals surface area (Å²) in [5, 5.41) is 4.18. The Balaban J connectivity index is 2.80. The summed E-state index contributed by atoms with van der Waals surface area (Å²) in [6.45, 7) is 3.09. The SMILES string of the molecule is COCC(COC)n1nc(N)cc1C. The van der Waals surface area contributed by atoms with Gasteiger partial charge in [-0.3, -0.25) is 4.68 Å². The predicted octanol–water partition coefficient (Wildman–Crippen LogP) is 0.608. The number of aryl methyl sites for hydroxylation is 1. The van der Waals surface area contributed by atoms with Crippen molar-refractivity contribution >= 4 is 5.82 Å². The first-order chi connectivity index (χ1) is 6.69. The van der Waals surface area contributed by atoms with E-state index in [0.29, 0.717) is 19.0 Å². The van der Waals surface area contributed by atoms with Gasteiger partial charge in [-0.1, -0.05) is 0 Å². The number of methoxy groups -OCH3 is 2. The third kappa shape index (κ3) is 2.46. The van der Waals surface area contributed by atoms with Crippen molar-refractivity contribution < 1.29 is 9.47 Å². The minimum absolute atomic E-state index is 0.0855. The van der Waals surface area contributed by atoms with Gasteiger partial charge in [0.15, 0.2) is 0 Å². The van der Waals surface area contributed by atoms with Crippen LogP contribution < -0.4 is 5.73 Å². The highest BCUT2D eigenvalue weighted by Gasteiger charge is 2.14. The van der Waals surface area contributed by atoms with Gasteiger partial charge in [-0.15, -0.1) is 0 Å². The fourth-order valence-corrected chi connectivity index (χ4v) is 1.46. The van der Waals surface area contributed by atoms with Crippen LogP contribution in [0.25, 0.3) is 0 Å². The van der Waals surface area contributed by atoms with Gasteiger partial charge in [0.1, 0.15) is 5.82 Å². The molecule has 0 bridgehead atoms. The molecule has 0 saturated heterocycles. The molecule has 1 aromatic heterocycles. The number of nitrogen functional groups attached to an aromatic ring is 1. The van der Waals surface area contributed by atoms with Gasteiger partial charge < -0.3 is 15.2 Å². The summed E-state index contributed by atoms with van der Waals surface area (Å²) in [5.74, 6) is 0.528. The Hall–Kier alpha value is -1.07. The molecule has 80 valence electrons. The molecule has 0 aliphatic carbocycles. The zero-order chi connectivity index (χ0) is 10.6. The van der Waals surface area contributed by atoms with Crippen LogP contribution in [0.5, 0.6) is 0 Å². The summed E-state index contributed by atoms with van der Waals surface area (Å²) in [4.78, 5) is 0. The topological polar surface area (TPSA) is 62.3 Å². The first-order valence-corrected chi connectivity index (χ1v) is 4.48. The highest BCUT2D eigenvalue weighted by Crippen LogP contribution is 2.13. The molecule has 1 rings (SSSR count). The average molecular weight is 199 g/mol. The van der Waals surface area contributed by atoms with Gasteiger partial charge in [0.2, 0.25) is 0 Å². The molecule has 2 N–H and O–H groups in total. The lowest BCUT2D eigenvalue weighted by molar-refractivity contribution is 0.0830. The van der Waals surface area contributed by atoms with E-state index in [2.05, 4.69) is 5.10 Å². The first kappa shape index (κ1) is 11.0. The third-order valence-corrected chi connectivity index (χ3v) is 2.01. The molecule has 0 fully saturated rings. The van der Waals surface area contributed by atoms with E-state index in [1.807, 2.05) is 17.7 Å². The molecule has 5 nitrogen and oxygen atoms in total. The second kappa shape index (κ2) is 4.97. The van der Waals surface area contributed by atoms with Crippen molar-refractivity contribution in [2.75, 3.05) is 33.2 Å². The smallest absolute Gasteiger partial charge is 0.145 e. The molecular formula is C9H17N3O2. The minimum Gasteiger partial charge on any atom is -0.382 e. The molecule has 0 unspecified atom stereocenters. The van der Waals surface area contributed by atoms with Crippen molar-refractivity contribution in [3.63, 3.8) is 0 Å². The summed E-state index contributed by atoms with van der Waals surface area (Å²) in [5.41, 5.74) is 6.61. The Kier molecular flexibility index (Phi) is 3.91. The van der Waals surface area contributed by atoms with Gasteiger partial charge in [-0.2, -0.15) is 5.10 Å². The highest BCUT2D eigenvalue weighted by atomic mass is 16.5. The highest BCUT2D eigenvalue weighted by molar-refractivity contribution is 5.29. The van der Waals surface area contributed by atoms with Crippen molar-refractivity contribution in [1.82, 2.24) is 9.78 Å². The Morgan fingerprint density at radius 3 is 2.36 bits per heavy atom. The van der Waals surface area contributed by atoms with Gasteiger partial charge >= 0.3 is 0 Å². The van der Waals surface area contributed by atoms with Crippen molar-refractivity contribution in [1.29, 1.82) is 0 Å². The molecule has 0 aliphatic heterocycles. The van der Waals surface area contributed by atoms with E-state index in [0.717, 1.165) is 5.69 Å². The van der Waals surface area contributed by atoms with E-state index in [1.54, 1.807) is 14.2 Å². The number of nitrogens with two attached hydrogens (primary N) is 1. The number of hydrogen-bond donors (Lipinski definition) is 1. The molecule has 0 saturated carbocycles. The molecule has 0 aromatic carbocycles. The number of ether oxygens (including phenoxy) is 2. The molecule has 0 radical (unpaired) electrons. The largest absolute Gasteiger partial charge is 0.382 e. The van der Waals surface area contributed by atoms with Crippen molar-refractivity contribution in [3.05, 3.63) is 11.8 Å². The number of anilines is 1. The van der Waals surface area contributed by atoms with Crippen molar-refractivity contribution in [2.24, 2.45) is 0 Å². The predicted molar refractivity (Wildman–Crippen MR) is 54.2 cm³/mol. The Morgan fingerprint density at radius 2 is 2.00 bits per heavy atom. The number of aromatic nitrogens is 2. The van der Waals surface area contributed by atoms with E-state index in [-0.39, 0.29) is 6.04 Å². The van der Waals surface area contributed by atoms with Crippen LogP contribution in [0, 0.1) is 6.92 Å². The van der Waals surface area contributed by atoms with Crippen molar-refractivity contribution in [3.8, 4) is 0 Å². The lowest BCUT2D eigenvalue weighted by atomic mass is 10.3. The minimum atomic E-state index is 0.0855. The van der Waals surface area contributed by atoms with Gasteiger partial charge in [0, 0.05) is 26.0 Å². The van der Waals surface area contributed by atoms with Crippen LogP contribution >= 0.6 is 0 Å². The average Bonchev–Trinajstić information content (AvgIpc) is 2.45. The maximum absolute atomic E-state index is 5.60. The number of nitrogens with zero attached hydrogens (tertiary/aromatic N) is 2. The lowest BCUT2D eigenvalue weighted by Gasteiger charge is -2.17. The number of hydrogen-bond acceptors (Lipinski definition) is 4. The molecule has 0 aliphatic rings. The van der Waals surface area contributed by atoms with Crippen LogP contribution in [0.4, 0.5) is 5.82 Å². The van der Waals surface area contributed by atoms with E-state index in [1.165, 1.54) is 0 Å². The quantitative estimate of drug-likeness (QED) is 0.754. The maximum atomic E-state index is 5.60. The van der Waals surface area contributed by atoms with Crippen LogP contribution in [0.15, 0.2) is 6.07 Å². The second-order valence-corrected chi connectivity index (χ2v) is 3.22. The summed E-state index contributed by atoms with van der Waals surface area (Å²) >= 11 is 0. The van der Waals surface area contributed by atoms with Crippen LogP contribution in [0.1, 0.15) is 11.7 Å². The molecule has 5 heteroatoms. The Morgan fingerprint density at radius 1 is 1.43 bits per heavy atom. The summed E-state index contributed by atoms with van der Waals surface area (Å²) in [6, 6.07) is 1.92. The third-order valence-electron chi connectivity index (χ3n) is 2.01. The van der Waals surface area contributed by atoms with Crippen molar-refractivity contribution in [2.45, 2.75) is 13.0 Å². The van der Waals surface area contributed by atoms with Gasteiger partial charge in [0.25, 0.3) is 0 Å². The van der Waals surface area contributed by atoms with Crippen LogP contribution in [-0.2, 0) is 9.47 Å². The standard InChI is InChI=1S/C9H17N3O2/c1-7-4-9(10)11-12(7)8(5-13-2)6-14-3/h4,8H,5-6H2,1-3H3,(H2,10,11). The maximum Gasteiger partial charge on any atom is 0.145 e. The molecule has 0 spiro atoms. The molecule has 0 amide bonds. The normalized spacial score (nSPS) is 11.1. The van der Waals surface area contributed by atoms with Crippen LogP contribution in [-0.4, -0.2) is 37.2 Å². The monoisotopic (exact) mass is 199 g/mol. The summed E-state index contributed by atoms with van der Waals surface area (Å²) in [7, 11) is 3.32. The van der Waals surface area contributed by atoms with E-state index in [9.17, 15) is 0 Å². The fraction of sp³-hybridized carbons (Fsp3) is 0.667. The van der Waals surface area contributed by atoms with Gasteiger partial charge in [-0.25, -0.2) is 0 Å². The van der Waals surface area contributed by atoms with Gasteiger partial charge in [-0.05, 0) is 6.92 Å². The van der Waals surface area contributed by atoms with E-state index in [4.69, 9.17) is 15.2 Å². The number of rotatable bonds is 5. The summed E-state index contributed by atoms with van der Waals surface area (Å²) in [6.07, 6.45) is 0. The molecule has 0 atom stereocenters. The van der Waals surface area contributed by atoms with Gasteiger partial charge in [0.05, 0.1) is 19.3 Å². The zero-order valence-electron chi connectivity index (χ0n) is 8.86. The van der Waals surface area contributed by atoms with E-state index >= 15 is 0 Å². The van der Waals surface area contributed by atoms with Crippen LogP contribution in [0.3, 0.4) is 0 Å². The van der Waals surface area contributed by atoms with E-state index < -0.39 is 0 Å². The lowest BCUT2D eigenvalue weighted by Crippen LogP contribution is -2.22. The Labute approximate surface area is 83.8 Å². The van der Waals surface area contributed by atoms with Crippen LogP contribution in [0.2, 0.25) is 0 Å². The molecule has 1 aromatic rings. The molecular weight excluding hydrogens is 182 g/mol.